The van der Waals surface area contributed by atoms with Crippen LogP contribution in [0.3, 0.4) is 0 Å². The summed E-state index contributed by atoms with van der Waals surface area (Å²) in [4.78, 5) is 0. The second-order valence-corrected chi connectivity index (χ2v) is 16.4. The molecule has 0 saturated carbocycles. The van der Waals surface area contributed by atoms with Crippen molar-refractivity contribution in [1.82, 2.24) is 0 Å². The Labute approximate surface area is 202 Å². The second-order valence-electron chi connectivity index (χ2n) is 4.68. The number of allylic oxidation sites excluding steroid dienone is 4. The van der Waals surface area contributed by atoms with Crippen LogP contribution in [-0.2, 0) is 0 Å². The van der Waals surface area contributed by atoms with Crippen LogP contribution in [0.2, 0.25) is 0 Å². The minimum absolute atomic E-state index is 1.06. The van der Waals surface area contributed by atoms with Crippen LogP contribution in [0, 0.1) is 0 Å². The standard InChI is InChI=1S/C17H12S10/c1(12-18-5-6-19-12)3-14-22-9-16(26-14)24-11-25-17-10-23-15(27-17)4-2-13-20-7-8-21-13/h1-10H,11H2/b14-3-,15-4-. The van der Waals surface area contributed by atoms with Gasteiger partial charge in [0, 0.05) is 22.0 Å². The Hall–Kier alpha value is 1.42. The maximum atomic E-state index is 2.28. The maximum absolute atomic E-state index is 2.28. The number of thioether (sulfide) groups is 10. The summed E-state index contributed by atoms with van der Waals surface area (Å²) in [5.74, 6) is 0. The van der Waals surface area contributed by atoms with Crippen LogP contribution in [0.5, 0.6) is 0 Å². The predicted molar refractivity (Wildman–Crippen MR) is 148 cm³/mol. The molecule has 0 fully saturated rings. The molecule has 0 unspecified atom stereocenters. The lowest BCUT2D eigenvalue weighted by Gasteiger charge is -2.02. The highest BCUT2D eigenvalue weighted by Crippen LogP contribution is 2.53. The van der Waals surface area contributed by atoms with Crippen molar-refractivity contribution in [1.29, 1.82) is 0 Å². The van der Waals surface area contributed by atoms with Crippen molar-refractivity contribution in [3.63, 3.8) is 0 Å². The Kier molecular flexibility index (Phi) is 9.39. The van der Waals surface area contributed by atoms with E-state index in [9.17, 15) is 0 Å². The first kappa shape index (κ1) is 21.6. The highest BCUT2D eigenvalue weighted by molar-refractivity contribution is 8.40. The monoisotopic (exact) mass is 536 g/mol. The molecule has 0 radical (unpaired) electrons. The summed E-state index contributed by atoms with van der Waals surface area (Å²) in [6.07, 6.45) is 8.92. The fourth-order valence-corrected chi connectivity index (χ4v) is 12.4. The third-order valence-corrected chi connectivity index (χ3v) is 14.4. The Morgan fingerprint density at radius 3 is 1.41 bits per heavy atom. The lowest BCUT2D eigenvalue weighted by Crippen LogP contribution is -1.70. The van der Waals surface area contributed by atoms with Gasteiger partial charge in [0.1, 0.15) is 0 Å². The van der Waals surface area contributed by atoms with Crippen LogP contribution in [0.25, 0.3) is 0 Å². The Morgan fingerprint density at radius 2 is 0.963 bits per heavy atom. The van der Waals surface area contributed by atoms with Crippen LogP contribution < -0.4 is 0 Å². The van der Waals surface area contributed by atoms with Gasteiger partial charge >= 0.3 is 0 Å². The minimum atomic E-state index is 1.06. The van der Waals surface area contributed by atoms with Gasteiger partial charge in [0.15, 0.2) is 0 Å². The van der Waals surface area contributed by atoms with Gasteiger partial charge in [0.05, 0.1) is 8.47 Å². The molecule has 0 aromatic heterocycles. The van der Waals surface area contributed by atoms with Crippen LogP contribution in [0.15, 0.2) is 82.2 Å². The number of rotatable bonds is 6. The van der Waals surface area contributed by atoms with E-state index >= 15 is 0 Å². The van der Waals surface area contributed by atoms with Crippen LogP contribution in [-0.4, -0.2) is 5.08 Å². The van der Waals surface area contributed by atoms with E-state index in [-0.39, 0.29) is 0 Å². The first-order valence-electron chi connectivity index (χ1n) is 7.51. The van der Waals surface area contributed by atoms with Gasteiger partial charge in [-0.3, -0.25) is 0 Å². The topological polar surface area (TPSA) is 0 Å². The van der Waals surface area contributed by atoms with E-state index in [2.05, 4.69) is 56.8 Å². The van der Waals surface area contributed by atoms with Crippen molar-refractivity contribution >= 4 is 118 Å². The quantitative estimate of drug-likeness (QED) is 0.299. The van der Waals surface area contributed by atoms with Crippen molar-refractivity contribution in [3.8, 4) is 0 Å². The molecule has 140 valence electrons. The molecule has 0 nitrogen and oxygen atoms in total. The molecule has 4 heterocycles. The third-order valence-electron chi connectivity index (χ3n) is 2.91. The largest absolute Gasteiger partial charge is 0.107 e. The summed E-state index contributed by atoms with van der Waals surface area (Å²) in [6, 6.07) is 0. The van der Waals surface area contributed by atoms with Crippen LogP contribution >= 0.6 is 118 Å². The Bertz CT molecular complexity index is 737. The molecule has 4 rings (SSSR count). The first-order chi connectivity index (χ1) is 13.3. The zero-order chi connectivity index (χ0) is 18.3. The molecule has 0 saturated heterocycles. The van der Waals surface area contributed by atoms with E-state index in [1.54, 1.807) is 47.0 Å². The normalized spacial score (nSPS) is 24.4. The lowest BCUT2D eigenvalue weighted by atomic mass is 10.6. The summed E-state index contributed by atoms with van der Waals surface area (Å²) < 4.78 is 8.24. The zero-order valence-electron chi connectivity index (χ0n) is 13.6. The van der Waals surface area contributed by atoms with Crippen molar-refractivity contribution in [2.75, 3.05) is 5.08 Å². The average Bonchev–Trinajstić information content (AvgIpc) is 3.47. The van der Waals surface area contributed by atoms with Gasteiger partial charge in [0.2, 0.25) is 0 Å². The molecule has 0 aromatic carbocycles. The summed E-state index contributed by atoms with van der Waals surface area (Å²) in [7, 11) is 0. The van der Waals surface area contributed by atoms with E-state index in [1.165, 1.54) is 25.4 Å². The zero-order valence-corrected chi connectivity index (χ0v) is 21.7. The van der Waals surface area contributed by atoms with E-state index < -0.39 is 0 Å². The van der Waals surface area contributed by atoms with Crippen LogP contribution in [0.1, 0.15) is 0 Å². The molecule has 4 aliphatic heterocycles. The van der Waals surface area contributed by atoms with E-state index in [0.717, 1.165) is 5.08 Å². The van der Waals surface area contributed by atoms with Gasteiger partial charge in [0.25, 0.3) is 0 Å². The molecular weight excluding hydrogens is 525 g/mol. The lowest BCUT2D eigenvalue weighted by molar-refractivity contribution is 2.05. The molecular formula is C17H12S10. The molecule has 0 atom stereocenters. The molecule has 0 spiro atoms. The summed E-state index contributed by atoms with van der Waals surface area (Å²) in [5, 5.41) is 14.2. The van der Waals surface area contributed by atoms with Crippen LogP contribution in [0.4, 0.5) is 0 Å². The Balaban J connectivity index is 1.15. The number of hydrogen-bond acceptors (Lipinski definition) is 10. The molecule has 0 amide bonds. The molecule has 27 heavy (non-hydrogen) atoms. The van der Waals surface area contributed by atoms with Gasteiger partial charge in [-0.2, -0.15) is 0 Å². The molecule has 0 aromatic rings. The van der Waals surface area contributed by atoms with Gasteiger partial charge in [-0.05, 0) is 56.8 Å². The third kappa shape index (κ3) is 7.25. The number of hydrogen-bond donors (Lipinski definition) is 0. The predicted octanol–water partition coefficient (Wildman–Crippen LogP) is 10.2. The molecule has 0 aliphatic carbocycles. The van der Waals surface area contributed by atoms with Gasteiger partial charge in [-0.1, -0.05) is 94.1 Å². The molecule has 0 N–H and O–H groups in total. The van der Waals surface area contributed by atoms with E-state index in [4.69, 9.17) is 0 Å². The SMILES string of the molecule is C1=CSC(=C/C=C2/SC=C(SCSC3=CS/C(=C/C=C4SC=CS4)S3)S2)S1. The molecule has 0 bridgehead atoms. The molecule has 10 heteroatoms. The van der Waals surface area contributed by atoms with E-state index in [0.29, 0.717) is 0 Å². The fraction of sp³-hybridized carbons (Fsp3) is 0.0588. The van der Waals surface area contributed by atoms with Crippen molar-refractivity contribution < 1.29 is 0 Å². The van der Waals surface area contributed by atoms with Crippen molar-refractivity contribution in [2.24, 2.45) is 0 Å². The van der Waals surface area contributed by atoms with E-state index in [1.807, 2.05) is 70.6 Å². The smallest absolute Gasteiger partial charge is 0.0530 e. The van der Waals surface area contributed by atoms with Gasteiger partial charge < -0.3 is 0 Å². The summed E-state index contributed by atoms with van der Waals surface area (Å²) in [5.41, 5.74) is 0. The van der Waals surface area contributed by atoms with Crippen molar-refractivity contribution in [3.05, 3.63) is 82.2 Å². The van der Waals surface area contributed by atoms with Crippen molar-refractivity contribution in [2.45, 2.75) is 0 Å². The highest BCUT2D eigenvalue weighted by atomic mass is 32.3. The average molecular weight is 537 g/mol. The summed E-state index contributed by atoms with van der Waals surface area (Å²) >= 11 is 18.5. The highest BCUT2D eigenvalue weighted by Gasteiger charge is 2.15. The maximum Gasteiger partial charge on any atom is 0.0530 e. The second kappa shape index (κ2) is 11.7. The van der Waals surface area contributed by atoms with Gasteiger partial charge in [-0.15, -0.1) is 23.5 Å². The summed E-state index contributed by atoms with van der Waals surface area (Å²) in [6.45, 7) is 0. The van der Waals surface area contributed by atoms with Gasteiger partial charge in [-0.25, -0.2) is 0 Å². The minimum Gasteiger partial charge on any atom is -0.107 e. The first-order valence-corrected chi connectivity index (χ1v) is 16.4. The molecule has 4 aliphatic rings. The fourth-order valence-electron chi connectivity index (χ4n) is 1.79. The Morgan fingerprint density at radius 1 is 0.556 bits per heavy atom.